The minimum Gasteiger partial charge on any atom is -0.0651 e. The Morgan fingerprint density at radius 1 is 0.600 bits per heavy atom. The second-order valence-electron chi connectivity index (χ2n) is 5.19. The van der Waals surface area contributed by atoms with Gasteiger partial charge < -0.3 is 0 Å². The van der Waals surface area contributed by atoms with Gasteiger partial charge >= 0.3 is 0 Å². The van der Waals surface area contributed by atoms with Gasteiger partial charge in [-0.2, -0.15) is 0 Å². The molecule has 0 spiro atoms. The van der Waals surface area contributed by atoms with Crippen molar-refractivity contribution in [2.24, 2.45) is 0 Å². The lowest BCUT2D eigenvalue weighted by Crippen LogP contribution is -1.93. The van der Waals surface area contributed by atoms with Crippen LogP contribution in [0, 0.1) is 0 Å². The molecule has 0 radical (unpaired) electrons. The highest BCUT2D eigenvalue weighted by Gasteiger charge is 2.10. The molecule has 0 nitrogen and oxygen atoms in total. The molecule has 0 aliphatic rings. The van der Waals surface area contributed by atoms with E-state index >= 15 is 0 Å². The van der Waals surface area contributed by atoms with Crippen LogP contribution >= 0.6 is 0 Å². The summed E-state index contributed by atoms with van der Waals surface area (Å²) in [5.41, 5.74) is 5.78. The maximum absolute atomic E-state index is 2.26. The number of hydrogen-bond donors (Lipinski definition) is 0. The summed E-state index contributed by atoms with van der Waals surface area (Å²) in [7, 11) is 0. The topological polar surface area (TPSA) is 0 Å². The van der Waals surface area contributed by atoms with Crippen molar-refractivity contribution in [3.63, 3.8) is 0 Å². The van der Waals surface area contributed by atoms with E-state index in [1.165, 1.54) is 35.1 Å². The highest BCUT2D eigenvalue weighted by molar-refractivity contribution is 5.90. The molecule has 0 N–H and O–H groups in total. The number of benzene rings is 2. The van der Waals surface area contributed by atoms with Gasteiger partial charge in [0.2, 0.25) is 0 Å². The largest absolute Gasteiger partial charge is 0.0651 e. The number of rotatable bonds is 6. The van der Waals surface area contributed by atoms with Crippen molar-refractivity contribution < 1.29 is 0 Å². The molecule has 0 heteroatoms. The molecule has 0 amide bonds. The van der Waals surface area contributed by atoms with E-state index in [9.17, 15) is 0 Å². The molecule has 0 aromatic heterocycles. The number of allylic oxidation sites excluding steroid dienone is 2. The van der Waals surface area contributed by atoms with Crippen molar-refractivity contribution in [1.29, 1.82) is 0 Å². The maximum Gasteiger partial charge on any atom is -0.0222 e. The molecule has 0 aliphatic carbocycles. The fourth-order valence-electron chi connectivity index (χ4n) is 2.72. The van der Waals surface area contributed by atoms with E-state index in [1.54, 1.807) is 0 Å². The van der Waals surface area contributed by atoms with Crippen LogP contribution in [0.5, 0.6) is 0 Å². The molecule has 20 heavy (non-hydrogen) atoms. The van der Waals surface area contributed by atoms with Crippen LogP contribution in [0.25, 0.3) is 11.1 Å². The Morgan fingerprint density at radius 3 is 1.25 bits per heavy atom. The molecular formula is C20H24. The molecule has 2 aromatic rings. The smallest absolute Gasteiger partial charge is 0.0222 e. The van der Waals surface area contributed by atoms with Crippen LogP contribution in [0.1, 0.15) is 50.7 Å². The Morgan fingerprint density at radius 2 is 0.950 bits per heavy atom. The fourth-order valence-corrected chi connectivity index (χ4v) is 2.72. The summed E-state index contributed by atoms with van der Waals surface area (Å²) < 4.78 is 0. The summed E-state index contributed by atoms with van der Waals surface area (Å²) in [6.45, 7) is 4.52. The van der Waals surface area contributed by atoms with Crippen molar-refractivity contribution in [2.75, 3.05) is 0 Å². The van der Waals surface area contributed by atoms with Gasteiger partial charge in [0.1, 0.15) is 0 Å². The molecule has 2 rings (SSSR count). The van der Waals surface area contributed by atoms with E-state index in [4.69, 9.17) is 0 Å². The summed E-state index contributed by atoms with van der Waals surface area (Å²) in [4.78, 5) is 0. The van der Waals surface area contributed by atoms with Crippen LogP contribution in [0.15, 0.2) is 60.7 Å². The summed E-state index contributed by atoms with van der Waals surface area (Å²) in [5.74, 6) is 0. The summed E-state index contributed by atoms with van der Waals surface area (Å²) >= 11 is 0. The van der Waals surface area contributed by atoms with E-state index in [2.05, 4.69) is 74.5 Å². The van der Waals surface area contributed by atoms with E-state index in [1.807, 2.05) is 0 Å². The van der Waals surface area contributed by atoms with Gasteiger partial charge in [0, 0.05) is 0 Å². The van der Waals surface area contributed by atoms with E-state index in [-0.39, 0.29) is 0 Å². The number of hydrogen-bond acceptors (Lipinski definition) is 0. The van der Waals surface area contributed by atoms with Gasteiger partial charge in [-0.1, -0.05) is 87.4 Å². The first-order valence-corrected chi connectivity index (χ1v) is 7.69. The van der Waals surface area contributed by atoms with Crippen LogP contribution in [-0.2, 0) is 0 Å². The zero-order valence-electron chi connectivity index (χ0n) is 12.6. The quantitative estimate of drug-likeness (QED) is 0.545. The first kappa shape index (κ1) is 14.6. The van der Waals surface area contributed by atoms with Gasteiger partial charge in [-0.05, 0) is 35.1 Å². The minimum absolute atomic E-state index is 1.15. The van der Waals surface area contributed by atoms with E-state index in [0.29, 0.717) is 0 Å². The maximum atomic E-state index is 2.26. The van der Waals surface area contributed by atoms with Gasteiger partial charge in [0.15, 0.2) is 0 Å². The molecule has 0 atom stereocenters. The molecule has 0 bridgehead atoms. The molecule has 0 unspecified atom stereocenters. The normalized spacial score (nSPS) is 12.1. The van der Waals surface area contributed by atoms with Crippen molar-refractivity contribution in [2.45, 2.75) is 39.5 Å². The second-order valence-corrected chi connectivity index (χ2v) is 5.19. The first-order chi connectivity index (χ1) is 9.86. The average Bonchev–Trinajstić information content (AvgIpc) is 2.52. The summed E-state index contributed by atoms with van der Waals surface area (Å²) in [6, 6.07) is 21.7. The molecule has 104 valence electrons. The Balaban J connectivity index is 2.54. The lowest BCUT2D eigenvalue weighted by atomic mass is 9.89. The van der Waals surface area contributed by atoms with Crippen molar-refractivity contribution in [3.8, 4) is 0 Å². The van der Waals surface area contributed by atoms with Gasteiger partial charge in [-0.15, -0.1) is 0 Å². The van der Waals surface area contributed by atoms with Crippen molar-refractivity contribution in [3.05, 3.63) is 71.8 Å². The molecule has 0 saturated heterocycles. The Bertz CT molecular complexity index is 483. The lowest BCUT2D eigenvalue weighted by molar-refractivity contribution is 0.945. The predicted octanol–water partition coefficient (Wildman–Crippen LogP) is 6.20. The Labute approximate surface area is 123 Å². The third-order valence-corrected chi connectivity index (χ3v) is 3.61. The van der Waals surface area contributed by atoms with Crippen molar-refractivity contribution in [1.82, 2.24) is 0 Å². The molecule has 0 aliphatic heterocycles. The average molecular weight is 264 g/mol. The van der Waals surface area contributed by atoms with Crippen LogP contribution in [0.3, 0.4) is 0 Å². The van der Waals surface area contributed by atoms with Gasteiger partial charge in [-0.25, -0.2) is 0 Å². The highest BCUT2D eigenvalue weighted by atomic mass is 14.1. The highest BCUT2D eigenvalue weighted by Crippen LogP contribution is 2.32. The zero-order valence-corrected chi connectivity index (χ0v) is 12.6. The molecular weight excluding hydrogens is 240 g/mol. The monoisotopic (exact) mass is 264 g/mol. The third-order valence-electron chi connectivity index (χ3n) is 3.61. The Hall–Kier alpha value is -1.82. The summed E-state index contributed by atoms with van der Waals surface area (Å²) in [5, 5.41) is 0. The van der Waals surface area contributed by atoms with Crippen LogP contribution in [-0.4, -0.2) is 0 Å². The SMILES string of the molecule is CCC/C(=C(/CCC)c1ccccc1)c1ccccc1. The van der Waals surface area contributed by atoms with Gasteiger partial charge in [-0.3, -0.25) is 0 Å². The van der Waals surface area contributed by atoms with E-state index < -0.39 is 0 Å². The molecule has 0 fully saturated rings. The van der Waals surface area contributed by atoms with E-state index in [0.717, 1.165) is 12.8 Å². The Kier molecular flexibility index (Phi) is 5.61. The van der Waals surface area contributed by atoms with Crippen LogP contribution < -0.4 is 0 Å². The molecule has 2 aromatic carbocycles. The van der Waals surface area contributed by atoms with Crippen molar-refractivity contribution >= 4 is 11.1 Å². The second kappa shape index (κ2) is 7.69. The first-order valence-electron chi connectivity index (χ1n) is 7.69. The zero-order chi connectivity index (χ0) is 14.2. The minimum atomic E-state index is 1.15. The fraction of sp³-hybridized carbons (Fsp3) is 0.300. The van der Waals surface area contributed by atoms with Crippen LogP contribution in [0.2, 0.25) is 0 Å². The van der Waals surface area contributed by atoms with Gasteiger partial charge in [0.25, 0.3) is 0 Å². The summed E-state index contributed by atoms with van der Waals surface area (Å²) in [6.07, 6.45) is 4.66. The molecule has 0 saturated carbocycles. The molecule has 0 heterocycles. The standard InChI is InChI=1S/C20H24/c1-3-11-19(17-13-7-5-8-14-17)20(12-4-2)18-15-9-6-10-16-18/h5-10,13-16H,3-4,11-12H2,1-2H3/b20-19+. The van der Waals surface area contributed by atoms with Crippen LogP contribution in [0.4, 0.5) is 0 Å². The third kappa shape index (κ3) is 3.60. The van der Waals surface area contributed by atoms with Gasteiger partial charge in [0.05, 0.1) is 0 Å². The lowest BCUT2D eigenvalue weighted by Gasteiger charge is -2.16. The predicted molar refractivity (Wildman–Crippen MR) is 89.5 cm³/mol.